The Morgan fingerprint density at radius 2 is 1.59 bits per heavy atom. The van der Waals surface area contributed by atoms with Crippen molar-refractivity contribution in [1.82, 2.24) is 20.9 Å². The van der Waals surface area contributed by atoms with Gasteiger partial charge in [-0.3, -0.25) is 19.2 Å². The Kier molecular flexibility index (Phi) is 13.2. The van der Waals surface area contributed by atoms with Crippen LogP contribution in [-0.2, 0) is 30.4 Å². The minimum atomic E-state index is -1.29. The maximum absolute atomic E-state index is 13.4. The summed E-state index contributed by atoms with van der Waals surface area (Å²) in [7, 11) is 0. The highest BCUT2D eigenvalue weighted by Gasteiger charge is 2.32. The lowest BCUT2D eigenvalue weighted by Crippen LogP contribution is -2.58. The molecule has 5 unspecified atom stereocenters. The summed E-state index contributed by atoms with van der Waals surface area (Å²) in [6, 6.07) is 2.73. The summed E-state index contributed by atoms with van der Waals surface area (Å²) in [6.07, 6.45) is 3.13. The van der Waals surface area contributed by atoms with Crippen LogP contribution in [0, 0.1) is 5.92 Å². The largest absolute Gasteiger partial charge is 0.481 e. The van der Waals surface area contributed by atoms with Gasteiger partial charge in [0.2, 0.25) is 17.7 Å². The van der Waals surface area contributed by atoms with Crippen LogP contribution in [0.1, 0.15) is 57.9 Å². The third-order valence-corrected chi connectivity index (χ3v) is 7.09. The number of amides is 3. The Morgan fingerprint density at radius 1 is 0.927 bits per heavy atom. The van der Waals surface area contributed by atoms with Gasteiger partial charge in [-0.1, -0.05) is 44.9 Å². The zero-order valence-corrected chi connectivity index (χ0v) is 23.5. The van der Waals surface area contributed by atoms with E-state index in [0.29, 0.717) is 37.8 Å². The van der Waals surface area contributed by atoms with E-state index in [1.165, 1.54) is 0 Å². The first-order valence-electron chi connectivity index (χ1n) is 13.8. The van der Waals surface area contributed by atoms with E-state index in [1.807, 2.05) is 24.3 Å². The fraction of sp³-hybridized carbons (Fsp3) is 0.536. The molecule has 1 heterocycles. The molecule has 0 fully saturated rings. The molecular formula is C28H42N6O7. The molecule has 0 aliphatic rings. The Morgan fingerprint density at radius 3 is 2.22 bits per heavy atom. The van der Waals surface area contributed by atoms with Crippen molar-refractivity contribution in [2.75, 3.05) is 6.54 Å². The number of para-hydroxylation sites is 1. The number of carbonyl (C=O) groups excluding carboxylic acids is 3. The lowest BCUT2D eigenvalue weighted by molar-refractivity contribution is -0.143. The number of nitrogens with one attached hydrogen (secondary N) is 4. The molecule has 5 atom stereocenters. The molecule has 13 nitrogen and oxygen atoms in total. The molecule has 0 saturated heterocycles. The topological polar surface area (TPSA) is 230 Å². The number of carboxylic acids is 2. The van der Waals surface area contributed by atoms with Crippen LogP contribution in [0.2, 0.25) is 0 Å². The van der Waals surface area contributed by atoms with Gasteiger partial charge in [0, 0.05) is 29.9 Å². The lowest BCUT2D eigenvalue weighted by Gasteiger charge is -2.26. The third-order valence-electron chi connectivity index (χ3n) is 7.09. The Bertz CT molecular complexity index is 1200. The number of H-pyrrole nitrogens is 1. The number of benzene rings is 1. The molecular weight excluding hydrogens is 532 g/mol. The van der Waals surface area contributed by atoms with Gasteiger partial charge in [-0.25, -0.2) is 4.79 Å². The molecule has 10 N–H and O–H groups in total. The quantitative estimate of drug-likeness (QED) is 0.116. The molecule has 0 radical (unpaired) electrons. The van der Waals surface area contributed by atoms with Crippen LogP contribution in [0.4, 0.5) is 0 Å². The fourth-order valence-electron chi connectivity index (χ4n) is 4.39. The summed E-state index contributed by atoms with van der Waals surface area (Å²) >= 11 is 0. The summed E-state index contributed by atoms with van der Waals surface area (Å²) in [5.41, 5.74) is 12.9. The molecule has 1 aromatic carbocycles. The highest BCUT2D eigenvalue weighted by atomic mass is 16.4. The van der Waals surface area contributed by atoms with Crippen molar-refractivity contribution in [1.29, 1.82) is 0 Å². The fourth-order valence-corrected chi connectivity index (χ4v) is 4.39. The number of aromatic amines is 1. The molecule has 2 aromatic rings. The van der Waals surface area contributed by atoms with Gasteiger partial charge in [-0.05, 0) is 43.4 Å². The predicted octanol–water partition coefficient (Wildman–Crippen LogP) is 0.617. The zero-order chi connectivity index (χ0) is 30.5. The summed E-state index contributed by atoms with van der Waals surface area (Å²) in [5, 5.41) is 27.4. The number of rotatable bonds is 18. The van der Waals surface area contributed by atoms with Crippen molar-refractivity contribution in [2.45, 2.75) is 83.0 Å². The SMILES string of the molecule is CCC(C)C(NC(=O)C(Cc1c[nH]c2ccccc12)NC(=O)C(CCC(=O)O)NC(=O)C(N)CCCCN)C(=O)O. The molecule has 13 heteroatoms. The van der Waals surface area contributed by atoms with Gasteiger partial charge in [0.25, 0.3) is 0 Å². The van der Waals surface area contributed by atoms with Gasteiger partial charge in [0.15, 0.2) is 0 Å². The Labute approximate surface area is 238 Å². The second-order valence-electron chi connectivity index (χ2n) is 10.2. The molecule has 0 aliphatic heterocycles. The van der Waals surface area contributed by atoms with Crippen molar-refractivity contribution >= 4 is 40.6 Å². The Balaban J connectivity index is 2.31. The highest BCUT2D eigenvalue weighted by Crippen LogP contribution is 2.20. The van der Waals surface area contributed by atoms with E-state index in [4.69, 9.17) is 11.5 Å². The maximum atomic E-state index is 13.4. The van der Waals surface area contributed by atoms with E-state index in [9.17, 15) is 34.2 Å². The summed E-state index contributed by atoms with van der Waals surface area (Å²) < 4.78 is 0. The molecule has 1 aromatic heterocycles. The van der Waals surface area contributed by atoms with Crippen molar-refractivity contribution in [3.63, 3.8) is 0 Å². The van der Waals surface area contributed by atoms with Gasteiger partial charge in [-0.2, -0.15) is 0 Å². The normalized spacial score (nSPS) is 14.8. The van der Waals surface area contributed by atoms with Crippen LogP contribution in [0.15, 0.2) is 30.5 Å². The van der Waals surface area contributed by atoms with Crippen LogP contribution in [0.25, 0.3) is 10.9 Å². The van der Waals surface area contributed by atoms with Gasteiger partial charge in [0.05, 0.1) is 6.04 Å². The number of carboxylic acid groups (broad SMARTS) is 2. The van der Waals surface area contributed by atoms with E-state index in [-0.39, 0.29) is 18.8 Å². The van der Waals surface area contributed by atoms with Crippen molar-refractivity contribution < 1.29 is 34.2 Å². The first kappa shape index (κ1) is 33.2. The number of fused-ring (bicyclic) bond motifs is 1. The second-order valence-corrected chi connectivity index (χ2v) is 10.2. The van der Waals surface area contributed by atoms with Gasteiger partial charge >= 0.3 is 11.9 Å². The first-order valence-corrected chi connectivity index (χ1v) is 13.8. The van der Waals surface area contributed by atoms with Crippen molar-refractivity contribution in [3.8, 4) is 0 Å². The van der Waals surface area contributed by atoms with E-state index in [0.717, 1.165) is 10.9 Å². The number of carbonyl (C=O) groups is 5. The summed E-state index contributed by atoms with van der Waals surface area (Å²) in [6.45, 7) is 3.94. The van der Waals surface area contributed by atoms with Gasteiger partial charge in [0.1, 0.15) is 18.1 Å². The van der Waals surface area contributed by atoms with Crippen LogP contribution in [0.3, 0.4) is 0 Å². The van der Waals surface area contributed by atoms with E-state index in [1.54, 1.807) is 20.0 Å². The number of nitrogens with two attached hydrogens (primary N) is 2. The van der Waals surface area contributed by atoms with Crippen molar-refractivity contribution in [2.24, 2.45) is 17.4 Å². The highest BCUT2D eigenvalue weighted by molar-refractivity contribution is 5.95. The second kappa shape index (κ2) is 16.3. The Hall–Kier alpha value is -3.97. The average molecular weight is 575 g/mol. The zero-order valence-electron chi connectivity index (χ0n) is 23.5. The minimum absolute atomic E-state index is 0.00658. The number of unbranched alkanes of at least 4 members (excludes halogenated alkanes) is 1. The number of aromatic nitrogens is 1. The summed E-state index contributed by atoms with van der Waals surface area (Å²) in [5.74, 6) is -4.91. The molecule has 3 amide bonds. The molecule has 0 bridgehead atoms. The third kappa shape index (κ3) is 10.2. The first-order chi connectivity index (χ1) is 19.5. The number of hydrogen-bond acceptors (Lipinski definition) is 7. The smallest absolute Gasteiger partial charge is 0.326 e. The molecule has 226 valence electrons. The van der Waals surface area contributed by atoms with Gasteiger partial charge < -0.3 is 42.6 Å². The average Bonchev–Trinajstić information content (AvgIpc) is 3.35. The molecule has 41 heavy (non-hydrogen) atoms. The lowest BCUT2D eigenvalue weighted by atomic mass is 9.97. The maximum Gasteiger partial charge on any atom is 0.326 e. The van der Waals surface area contributed by atoms with Gasteiger partial charge in [-0.15, -0.1) is 0 Å². The predicted molar refractivity (Wildman–Crippen MR) is 153 cm³/mol. The van der Waals surface area contributed by atoms with E-state index >= 15 is 0 Å². The number of aliphatic carboxylic acids is 2. The van der Waals surface area contributed by atoms with Crippen LogP contribution < -0.4 is 27.4 Å². The minimum Gasteiger partial charge on any atom is -0.481 e. The summed E-state index contributed by atoms with van der Waals surface area (Å²) in [4.78, 5) is 65.8. The standard InChI is InChI=1S/C28H42N6O7/c1-3-16(2)24(28(40)41)34-27(39)22(14-17-15-31-20-10-5-4-8-18(17)20)33-26(38)21(11-12-23(35)36)32-25(37)19(30)9-6-7-13-29/h4-5,8,10,15-16,19,21-22,24,31H,3,6-7,9,11-14,29-30H2,1-2H3,(H,32,37)(H,33,38)(H,34,39)(H,35,36)(H,40,41). The molecule has 0 aliphatic carbocycles. The van der Waals surface area contributed by atoms with Crippen molar-refractivity contribution in [3.05, 3.63) is 36.0 Å². The van der Waals surface area contributed by atoms with Crippen LogP contribution in [0.5, 0.6) is 0 Å². The van der Waals surface area contributed by atoms with E-state index in [2.05, 4.69) is 20.9 Å². The van der Waals surface area contributed by atoms with Crippen LogP contribution in [-0.4, -0.2) is 75.6 Å². The molecule has 0 saturated carbocycles. The van der Waals surface area contributed by atoms with E-state index < -0.39 is 60.2 Å². The van der Waals surface area contributed by atoms with Crippen LogP contribution >= 0.6 is 0 Å². The monoisotopic (exact) mass is 574 g/mol. The molecule has 0 spiro atoms. The number of hydrogen-bond donors (Lipinski definition) is 8. The molecule has 2 rings (SSSR count).